The second-order valence-electron chi connectivity index (χ2n) is 16.1. The van der Waals surface area contributed by atoms with E-state index in [9.17, 15) is 0 Å². The molecule has 0 spiro atoms. The first-order valence-corrected chi connectivity index (χ1v) is 21.5. The number of aryl methyl sites for hydroxylation is 4. The average molecular weight is 805 g/mol. The average Bonchev–Trinajstić information content (AvgIpc) is 3.92. The molecule has 0 aliphatic carbocycles. The van der Waals surface area contributed by atoms with Gasteiger partial charge in [-0.05, 0) is 183 Å². The minimum Gasteiger partial charge on any atom is -0.355 e. The molecule has 2 aliphatic heterocycles. The number of methoxy groups -OCH3 is 2. The Hall–Kier alpha value is -6.36. The molecule has 0 saturated heterocycles. The van der Waals surface area contributed by atoms with Crippen molar-refractivity contribution in [1.29, 1.82) is 0 Å². The van der Waals surface area contributed by atoms with Crippen molar-refractivity contribution in [2.75, 3.05) is 14.2 Å². The summed E-state index contributed by atoms with van der Waals surface area (Å²) >= 11 is 0. The molecule has 5 heterocycles. The van der Waals surface area contributed by atoms with Gasteiger partial charge in [-0.2, -0.15) is 0 Å². The SMILES string of the molecule is CCCCc1c(C)c2cc3nc(c(-c4ccc(C#CC#CC#Cc5ccc(C(OC)OC)cc5)cc4)c4nc(cc5[nH]c(cc1[nH]2)c(CCCC)c5C)C(C)=C4C)C(C)=C3C. The van der Waals surface area contributed by atoms with Crippen molar-refractivity contribution >= 4 is 44.4 Å². The van der Waals surface area contributed by atoms with Crippen LogP contribution in [0.1, 0.15) is 135 Å². The number of fused-ring (bicyclic) bond motifs is 8. The standard InChI is InChI=1S/C55H56N4O2/c1-11-13-21-44-38(7)48-31-46-34(3)36(5)53(58-46)52(42-27-23-40(24-28-42)19-17-15-16-18-20-41-25-29-43(30-26-41)55(60-9)61-10)54-37(6)35(4)47(59-54)32-49-39(8)45(22-14-12-2)51(57-49)33-50(44)56-48/h23-33,55-57H,11-14,21-22H2,1-10H3. The van der Waals surface area contributed by atoms with Crippen LogP contribution in [0.4, 0.5) is 0 Å². The van der Waals surface area contributed by atoms with E-state index < -0.39 is 6.29 Å². The zero-order valence-corrected chi connectivity index (χ0v) is 37.4. The monoisotopic (exact) mass is 804 g/mol. The van der Waals surface area contributed by atoms with Crippen LogP contribution in [0.3, 0.4) is 0 Å². The maximum Gasteiger partial charge on any atom is 0.183 e. The van der Waals surface area contributed by atoms with Crippen LogP contribution in [0.2, 0.25) is 0 Å². The van der Waals surface area contributed by atoms with E-state index in [4.69, 9.17) is 19.4 Å². The summed E-state index contributed by atoms with van der Waals surface area (Å²) in [5, 5.41) is 0. The molecule has 7 rings (SSSR count). The minimum atomic E-state index is -0.402. The quantitative estimate of drug-likeness (QED) is 0.109. The summed E-state index contributed by atoms with van der Waals surface area (Å²) in [5.41, 5.74) is 23.1. The van der Waals surface area contributed by atoms with E-state index >= 15 is 0 Å². The number of allylic oxidation sites excluding steroid dienone is 4. The summed E-state index contributed by atoms with van der Waals surface area (Å²) in [5.74, 6) is 17.9. The number of hydrogen-bond donors (Lipinski definition) is 2. The van der Waals surface area contributed by atoms with Gasteiger partial charge in [0, 0.05) is 58.5 Å². The van der Waals surface area contributed by atoms with E-state index in [0.717, 1.165) is 122 Å². The van der Waals surface area contributed by atoms with Gasteiger partial charge in [-0.1, -0.05) is 62.8 Å². The molecule has 6 heteroatoms. The van der Waals surface area contributed by atoms with Crippen molar-refractivity contribution in [3.05, 3.63) is 128 Å². The smallest absolute Gasteiger partial charge is 0.183 e. The molecule has 0 amide bonds. The van der Waals surface area contributed by atoms with Crippen molar-refractivity contribution in [3.63, 3.8) is 0 Å². The first kappa shape index (κ1) is 42.8. The largest absolute Gasteiger partial charge is 0.355 e. The van der Waals surface area contributed by atoms with Crippen LogP contribution in [0.15, 0.2) is 66.7 Å². The lowest BCUT2D eigenvalue weighted by atomic mass is 9.94. The van der Waals surface area contributed by atoms with Crippen molar-refractivity contribution in [2.45, 2.75) is 100 Å². The third kappa shape index (κ3) is 8.92. The number of ether oxygens (including phenoxy) is 2. The van der Waals surface area contributed by atoms with Crippen LogP contribution >= 0.6 is 0 Å². The van der Waals surface area contributed by atoms with Gasteiger partial charge in [0.1, 0.15) is 0 Å². The van der Waals surface area contributed by atoms with Crippen molar-refractivity contribution < 1.29 is 9.47 Å². The third-order valence-electron chi connectivity index (χ3n) is 12.2. The van der Waals surface area contributed by atoms with E-state index in [1.807, 2.05) is 36.4 Å². The van der Waals surface area contributed by atoms with Crippen LogP contribution < -0.4 is 0 Å². The third-order valence-corrected chi connectivity index (χ3v) is 12.2. The lowest BCUT2D eigenvalue weighted by Gasteiger charge is -2.13. The Labute approximate surface area is 362 Å². The van der Waals surface area contributed by atoms with Gasteiger partial charge in [-0.3, -0.25) is 0 Å². The van der Waals surface area contributed by atoms with Gasteiger partial charge >= 0.3 is 0 Å². The summed E-state index contributed by atoms with van der Waals surface area (Å²) < 4.78 is 10.6. The predicted molar refractivity (Wildman–Crippen MR) is 254 cm³/mol. The Bertz CT molecular complexity index is 2790. The summed E-state index contributed by atoms with van der Waals surface area (Å²) in [4.78, 5) is 18.6. The molecule has 2 aliphatic rings. The van der Waals surface area contributed by atoms with E-state index in [-0.39, 0.29) is 0 Å². The summed E-state index contributed by atoms with van der Waals surface area (Å²) in [7, 11) is 3.23. The molecule has 0 atom stereocenters. The highest BCUT2D eigenvalue weighted by Gasteiger charge is 2.25. The summed E-state index contributed by atoms with van der Waals surface area (Å²) in [6.45, 7) is 17.8. The predicted octanol–water partition coefficient (Wildman–Crippen LogP) is 12.9. The van der Waals surface area contributed by atoms with Crippen molar-refractivity contribution in [3.8, 4) is 46.6 Å². The molecule has 6 nitrogen and oxygen atoms in total. The Morgan fingerprint density at radius 3 is 1.41 bits per heavy atom. The number of H-pyrrole nitrogens is 2. The number of nitrogens with zero attached hydrogens (tertiary/aromatic N) is 2. The lowest BCUT2D eigenvalue weighted by molar-refractivity contribution is -0.106. The number of hydrogen-bond acceptors (Lipinski definition) is 4. The number of benzene rings is 2. The maximum atomic E-state index is 5.43. The van der Waals surface area contributed by atoms with Gasteiger partial charge in [0.25, 0.3) is 0 Å². The molecule has 61 heavy (non-hydrogen) atoms. The Balaban J connectivity index is 1.36. The van der Waals surface area contributed by atoms with E-state index in [1.54, 1.807) is 14.2 Å². The second kappa shape index (κ2) is 18.9. The second-order valence-corrected chi connectivity index (χ2v) is 16.1. The van der Waals surface area contributed by atoms with Gasteiger partial charge in [-0.25, -0.2) is 9.97 Å². The topological polar surface area (TPSA) is 75.8 Å². The molecule has 0 fully saturated rings. The highest BCUT2D eigenvalue weighted by molar-refractivity contribution is 6.01. The summed E-state index contributed by atoms with van der Waals surface area (Å²) in [6.07, 6.45) is 6.21. The minimum absolute atomic E-state index is 0.402. The van der Waals surface area contributed by atoms with Gasteiger partial charge < -0.3 is 19.4 Å². The fraction of sp³-hybridized carbons (Fsp3) is 0.309. The van der Waals surface area contributed by atoms with Crippen LogP contribution in [0, 0.1) is 49.4 Å². The fourth-order valence-electron chi connectivity index (χ4n) is 8.21. The Kier molecular flexibility index (Phi) is 13.3. The molecule has 308 valence electrons. The molecule has 2 aromatic carbocycles. The van der Waals surface area contributed by atoms with E-state index in [2.05, 4.69) is 131 Å². The molecule has 2 N–H and O–H groups in total. The molecule has 0 saturated carbocycles. The van der Waals surface area contributed by atoms with Crippen LogP contribution in [-0.4, -0.2) is 34.2 Å². The van der Waals surface area contributed by atoms with Crippen molar-refractivity contribution in [2.24, 2.45) is 0 Å². The molecular weight excluding hydrogens is 749 g/mol. The highest BCUT2D eigenvalue weighted by Crippen LogP contribution is 2.42. The Morgan fingerprint density at radius 1 is 0.541 bits per heavy atom. The fourth-order valence-corrected chi connectivity index (χ4v) is 8.21. The molecule has 5 aromatic rings. The molecular formula is C55H56N4O2. The zero-order chi connectivity index (χ0) is 43.2. The summed E-state index contributed by atoms with van der Waals surface area (Å²) in [6, 6.07) is 22.9. The number of unbranched alkanes of at least 4 members (excludes halogenated alkanes) is 2. The van der Waals surface area contributed by atoms with E-state index in [0.29, 0.717) is 0 Å². The van der Waals surface area contributed by atoms with Crippen LogP contribution in [-0.2, 0) is 22.3 Å². The van der Waals surface area contributed by atoms with Crippen LogP contribution in [0.25, 0.3) is 55.5 Å². The first-order chi connectivity index (χ1) is 29.6. The molecule has 0 radical (unpaired) electrons. The van der Waals surface area contributed by atoms with Gasteiger partial charge in [0.05, 0.1) is 22.8 Å². The highest BCUT2D eigenvalue weighted by atomic mass is 16.7. The Morgan fingerprint density at radius 2 is 0.984 bits per heavy atom. The van der Waals surface area contributed by atoms with Gasteiger partial charge in [0.2, 0.25) is 0 Å². The lowest BCUT2D eigenvalue weighted by Crippen LogP contribution is -2.03. The number of aromatic amines is 2. The van der Waals surface area contributed by atoms with Gasteiger partial charge in [0.15, 0.2) is 6.29 Å². The number of nitrogens with one attached hydrogen (secondary N) is 2. The first-order valence-electron chi connectivity index (χ1n) is 21.5. The maximum absolute atomic E-state index is 5.43. The van der Waals surface area contributed by atoms with Crippen molar-refractivity contribution in [1.82, 2.24) is 19.9 Å². The normalized spacial score (nSPS) is 12.2. The molecule has 3 aromatic heterocycles. The zero-order valence-electron chi connectivity index (χ0n) is 37.4. The van der Waals surface area contributed by atoms with E-state index in [1.165, 1.54) is 33.3 Å². The molecule has 0 unspecified atom stereocenters. The number of rotatable bonds is 10. The molecule has 8 bridgehead atoms. The van der Waals surface area contributed by atoms with Crippen LogP contribution in [0.5, 0.6) is 0 Å². The number of aromatic nitrogens is 4. The van der Waals surface area contributed by atoms with Gasteiger partial charge in [-0.15, -0.1) is 0 Å².